The number of benzene rings is 1. The van der Waals surface area contributed by atoms with Crippen molar-refractivity contribution in [1.82, 2.24) is 15.3 Å². The number of nitrogens with zero attached hydrogens (tertiary/aromatic N) is 2. The molecule has 0 saturated carbocycles. The monoisotopic (exact) mass is 538 g/mol. The molecule has 2 aromatic heterocycles. The third kappa shape index (κ3) is 4.74. The fourth-order valence-electron chi connectivity index (χ4n) is 4.50. The topological polar surface area (TPSA) is 93.2 Å². The Bertz CT molecular complexity index is 1420. The van der Waals surface area contributed by atoms with Crippen LogP contribution in [0, 0.1) is 0 Å². The number of aryl methyl sites for hydroxylation is 1. The normalized spacial score (nSPS) is 19.3. The molecule has 3 aromatic rings. The zero-order valence-corrected chi connectivity index (χ0v) is 21.3. The van der Waals surface area contributed by atoms with E-state index < -0.39 is 27.7 Å². The van der Waals surface area contributed by atoms with Crippen molar-refractivity contribution in [1.29, 1.82) is 0 Å². The molecule has 2 aliphatic rings. The Hall–Kier alpha value is -2.54. The van der Waals surface area contributed by atoms with Gasteiger partial charge in [-0.25, -0.2) is 18.4 Å². The number of hydrogen-bond acceptors (Lipinski definition) is 8. The highest BCUT2D eigenvalue weighted by Gasteiger charge is 2.37. The molecule has 5 rings (SSSR count). The van der Waals surface area contributed by atoms with Crippen LogP contribution in [-0.4, -0.2) is 37.3 Å². The number of thiophene rings is 1. The predicted octanol–water partition coefficient (Wildman–Crippen LogP) is 5.04. The SMILES string of the molecule is CCc1cc2c(cc1Nc1ncc(C(F)(F)F)c(-c3cc4c(s3)[C@H](C)OCCS4(=O)=O)n1)CCNC2. The van der Waals surface area contributed by atoms with E-state index in [4.69, 9.17) is 4.74 Å². The summed E-state index contributed by atoms with van der Waals surface area (Å²) < 4.78 is 72.8. The summed E-state index contributed by atoms with van der Waals surface area (Å²) in [5, 5.41) is 6.45. The van der Waals surface area contributed by atoms with Crippen LogP contribution in [-0.2, 0) is 40.1 Å². The van der Waals surface area contributed by atoms with Crippen molar-refractivity contribution in [3.63, 3.8) is 0 Å². The number of fused-ring (bicyclic) bond motifs is 2. The van der Waals surface area contributed by atoms with Gasteiger partial charge in [-0.2, -0.15) is 13.2 Å². The quantitative estimate of drug-likeness (QED) is 0.481. The average Bonchev–Trinajstić information content (AvgIpc) is 3.26. The van der Waals surface area contributed by atoms with Gasteiger partial charge < -0.3 is 15.4 Å². The summed E-state index contributed by atoms with van der Waals surface area (Å²) in [7, 11) is -3.68. The Morgan fingerprint density at radius 2 is 2.06 bits per heavy atom. The van der Waals surface area contributed by atoms with Crippen LogP contribution in [0.1, 0.15) is 47.1 Å². The largest absolute Gasteiger partial charge is 0.420 e. The standard InChI is InChI=1S/C24H25F3N4O3S2/c1-3-14-8-16-11-28-5-4-15(16)9-18(14)30-23-29-12-17(24(25,26)27)21(31-23)19-10-20-22(35-19)13(2)34-6-7-36(20,32)33/h8-10,12-13,28H,3-7,11H2,1-2H3,(H,29,30,31)/t13-/m0/s1. The first kappa shape index (κ1) is 25.1. The molecule has 2 N–H and O–H groups in total. The van der Waals surface area contributed by atoms with Gasteiger partial charge in [0.15, 0.2) is 9.84 Å². The highest BCUT2D eigenvalue weighted by molar-refractivity contribution is 7.91. The lowest BCUT2D eigenvalue weighted by Crippen LogP contribution is -2.24. The van der Waals surface area contributed by atoms with Gasteiger partial charge in [0.25, 0.3) is 0 Å². The summed E-state index contributed by atoms with van der Waals surface area (Å²) in [6.07, 6.45) is -2.96. The number of hydrogen-bond donors (Lipinski definition) is 2. The third-order valence-electron chi connectivity index (χ3n) is 6.42. The third-order valence-corrected chi connectivity index (χ3v) is 9.56. The first-order valence-corrected chi connectivity index (χ1v) is 14.1. The summed E-state index contributed by atoms with van der Waals surface area (Å²) in [4.78, 5) is 8.70. The molecule has 0 fully saturated rings. The highest BCUT2D eigenvalue weighted by Crippen LogP contribution is 2.44. The molecule has 1 atom stereocenters. The Balaban J connectivity index is 1.60. The van der Waals surface area contributed by atoms with Crippen molar-refractivity contribution in [2.24, 2.45) is 0 Å². The maximum atomic E-state index is 13.9. The molecule has 0 spiro atoms. The van der Waals surface area contributed by atoms with E-state index >= 15 is 0 Å². The number of halogens is 3. The van der Waals surface area contributed by atoms with Crippen LogP contribution in [0.15, 0.2) is 29.3 Å². The van der Waals surface area contributed by atoms with Crippen molar-refractivity contribution < 1.29 is 26.3 Å². The van der Waals surface area contributed by atoms with Gasteiger partial charge in [0, 0.05) is 18.4 Å². The minimum absolute atomic E-state index is 0.00492. The molecular formula is C24H25F3N4O3S2. The van der Waals surface area contributed by atoms with E-state index in [-0.39, 0.29) is 33.8 Å². The predicted molar refractivity (Wildman–Crippen MR) is 131 cm³/mol. The fraction of sp³-hybridized carbons (Fsp3) is 0.417. The number of rotatable bonds is 4. The molecule has 1 aromatic carbocycles. The van der Waals surface area contributed by atoms with Gasteiger partial charge in [0.1, 0.15) is 5.56 Å². The van der Waals surface area contributed by atoms with Gasteiger partial charge in [-0.3, -0.25) is 0 Å². The summed E-state index contributed by atoms with van der Waals surface area (Å²) >= 11 is 0.955. The van der Waals surface area contributed by atoms with Gasteiger partial charge in [-0.15, -0.1) is 11.3 Å². The molecule has 0 bridgehead atoms. The second-order valence-corrected chi connectivity index (χ2v) is 12.0. The van der Waals surface area contributed by atoms with Crippen LogP contribution in [0.25, 0.3) is 10.6 Å². The van der Waals surface area contributed by atoms with E-state index in [0.29, 0.717) is 4.88 Å². The second-order valence-electron chi connectivity index (χ2n) is 8.81. The molecule has 0 aliphatic carbocycles. The van der Waals surface area contributed by atoms with E-state index in [1.54, 1.807) is 6.92 Å². The lowest BCUT2D eigenvalue weighted by atomic mass is 9.96. The second kappa shape index (κ2) is 9.40. The highest BCUT2D eigenvalue weighted by atomic mass is 32.2. The van der Waals surface area contributed by atoms with Crippen molar-refractivity contribution in [3.05, 3.63) is 51.5 Å². The van der Waals surface area contributed by atoms with E-state index in [1.807, 2.05) is 13.0 Å². The van der Waals surface area contributed by atoms with Gasteiger partial charge >= 0.3 is 6.18 Å². The Kier molecular flexibility index (Phi) is 6.56. The molecule has 192 valence electrons. The van der Waals surface area contributed by atoms with Crippen LogP contribution in [0.2, 0.25) is 0 Å². The smallest absolute Gasteiger partial charge is 0.372 e. The van der Waals surface area contributed by atoms with Crippen LogP contribution in [0.5, 0.6) is 0 Å². The molecule has 0 saturated heterocycles. The number of sulfone groups is 1. The maximum Gasteiger partial charge on any atom is 0.420 e. The summed E-state index contributed by atoms with van der Waals surface area (Å²) in [5.41, 5.74) is 2.73. The number of anilines is 2. The lowest BCUT2D eigenvalue weighted by Gasteiger charge is -2.21. The summed E-state index contributed by atoms with van der Waals surface area (Å²) in [6.45, 7) is 5.36. The fourth-order valence-corrected chi connectivity index (χ4v) is 7.45. The van der Waals surface area contributed by atoms with E-state index in [9.17, 15) is 21.6 Å². The van der Waals surface area contributed by atoms with Crippen molar-refractivity contribution >= 4 is 32.8 Å². The molecule has 2 aliphatic heterocycles. The van der Waals surface area contributed by atoms with Crippen molar-refractivity contribution in [2.45, 2.75) is 50.4 Å². The van der Waals surface area contributed by atoms with Crippen molar-refractivity contribution in [2.75, 3.05) is 24.2 Å². The first-order valence-electron chi connectivity index (χ1n) is 11.6. The summed E-state index contributed by atoms with van der Waals surface area (Å²) in [5.74, 6) is -0.214. The summed E-state index contributed by atoms with van der Waals surface area (Å²) in [6, 6.07) is 5.39. The Morgan fingerprint density at radius 1 is 1.25 bits per heavy atom. The van der Waals surface area contributed by atoms with E-state index in [0.717, 1.165) is 54.7 Å². The zero-order chi connectivity index (χ0) is 25.7. The Morgan fingerprint density at radius 3 is 2.81 bits per heavy atom. The molecule has 36 heavy (non-hydrogen) atoms. The van der Waals surface area contributed by atoms with Gasteiger partial charge in [-0.05, 0) is 55.1 Å². The lowest BCUT2D eigenvalue weighted by molar-refractivity contribution is -0.137. The van der Waals surface area contributed by atoms with Gasteiger partial charge in [0.2, 0.25) is 5.95 Å². The maximum absolute atomic E-state index is 13.9. The molecule has 12 heteroatoms. The number of nitrogens with one attached hydrogen (secondary N) is 2. The van der Waals surface area contributed by atoms with Gasteiger partial charge in [0.05, 0.1) is 38.8 Å². The van der Waals surface area contributed by atoms with E-state index in [1.165, 1.54) is 17.2 Å². The van der Waals surface area contributed by atoms with Crippen LogP contribution >= 0.6 is 11.3 Å². The number of alkyl halides is 3. The Labute approximate surface area is 211 Å². The minimum Gasteiger partial charge on any atom is -0.372 e. The minimum atomic E-state index is -4.72. The molecule has 4 heterocycles. The van der Waals surface area contributed by atoms with Gasteiger partial charge in [-0.1, -0.05) is 13.0 Å². The molecule has 7 nitrogen and oxygen atoms in total. The van der Waals surface area contributed by atoms with Crippen molar-refractivity contribution in [3.8, 4) is 10.6 Å². The molecular weight excluding hydrogens is 513 g/mol. The first-order chi connectivity index (χ1) is 17.1. The molecule has 0 unspecified atom stereocenters. The molecule has 0 amide bonds. The van der Waals surface area contributed by atoms with Crippen LogP contribution < -0.4 is 10.6 Å². The number of aromatic nitrogens is 2. The van der Waals surface area contributed by atoms with Crippen LogP contribution in [0.4, 0.5) is 24.8 Å². The van der Waals surface area contributed by atoms with E-state index in [2.05, 4.69) is 26.7 Å². The van der Waals surface area contributed by atoms with Crippen LogP contribution in [0.3, 0.4) is 0 Å². The average molecular weight is 539 g/mol. The zero-order valence-electron chi connectivity index (χ0n) is 19.7. The molecule has 0 radical (unpaired) electrons. The number of ether oxygens (including phenoxy) is 1.